The van der Waals surface area contributed by atoms with E-state index in [0.29, 0.717) is 12.8 Å². The Bertz CT molecular complexity index is 346. The van der Waals surface area contributed by atoms with Gasteiger partial charge in [0.2, 0.25) is 0 Å². The first-order chi connectivity index (χ1) is 9.54. The quantitative estimate of drug-likeness (QED) is 0.722. The average Bonchev–Trinajstić information content (AvgIpc) is 2.42. The van der Waals surface area contributed by atoms with E-state index in [-0.39, 0.29) is 24.0 Å². The maximum Gasteiger partial charge on any atom is 0.315 e. The van der Waals surface area contributed by atoms with Crippen molar-refractivity contribution in [1.82, 2.24) is 15.5 Å². The van der Waals surface area contributed by atoms with Crippen LogP contribution in [0.1, 0.15) is 38.5 Å². The highest BCUT2D eigenvalue weighted by Gasteiger charge is 2.27. The number of carboxylic acids is 1. The van der Waals surface area contributed by atoms with Crippen LogP contribution in [-0.2, 0) is 4.79 Å². The number of hydrogen-bond donors (Lipinski definition) is 3. The van der Waals surface area contributed by atoms with Crippen LogP contribution in [0.3, 0.4) is 0 Å². The summed E-state index contributed by atoms with van der Waals surface area (Å²) in [5.41, 5.74) is 0. The Morgan fingerprint density at radius 3 is 1.95 bits per heavy atom. The van der Waals surface area contributed by atoms with E-state index in [4.69, 9.17) is 5.11 Å². The van der Waals surface area contributed by atoms with Crippen molar-refractivity contribution >= 4 is 12.0 Å². The topological polar surface area (TPSA) is 81.7 Å². The third-order valence-corrected chi connectivity index (χ3v) is 4.47. The van der Waals surface area contributed by atoms with Crippen molar-refractivity contribution in [3.05, 3.63) is 0 Å². The minimum absolute atomic E-state index is 0.0988. The van der Waals surface area contributed by atoms with E-state index >= 15 is 0 Å². The van der Waals surface area contributed by atoms with Crippen LogP contribution in [-0.4, -0.2) is 54.2 Å². The van der Waals surface area contributed by atoms with Crippen LogP contribution in [0.2, 0.25) is 0 Å². The molecule has 114 valence electrons. The van der Waals surface area contributed by atoms with E-state index < -0.39 is 5.97 Å². The molecule has 0 spiro atoms. The second-order valence-electron chi connectivity index (χ2n) is 6.08. The molecule has 1 aliphatic carbocycles. The van der Waals surface area contributed by atoms with Gasteiger partial charge >= 0.3 is 12.0 Å². The fraction of sp³-hybridized carbons (Fsp3) is 0.857. The molecule has 0 atom stereocenters. The number of nitrogens with zero attached hydrogens (tertiary/aromatic N) is 1. The van der Waals surface area contributed by atoms with Crippen LogP contribution in [0.15, 0.2) is 0 Å². The largest absolute Gasteiger partial charge is 0.481 e. The molecule has 2 fully saturated rings. The first kappa shape index (κ1) is 15.1. The molecular formula is C14H25N3O3. The van der Waals surface area contributed by atoms with Crippen molar-refractivity contribution in [3.8, 4) is 0 Å². The number of carbonyl (C=O) groups excluding carboxylic acids is 1. The van der Waals surface area contributed by atoms with Crippen LogP contribution >= 0.6 is 0 Å². The van der Waals surface area contributed by atoms with Crippen molar-refractivity contribution in [2.24, 2.45) is 5.92 Å². The highest BCUT2D eigenvalue weighted by atomic mass is 16.4. The van der Waals surface area contributed by atoms with Crippen LogP contribution < -0.4 is 10.6 Å². The zero-order chi connectivity index (χ0) is 14.5. The summed E-state index contributed by atoms with van der Waals surface area (Å²) in [5.74, 6) is -0.941. The van der Waals surface area contributed by atoms with E-state index in [1.165, 1.54) is 0 Å². The Morgan fingerprint density at radius 2 is 1.45 bits per heavy atom. The van der Waals surface area contributed by atoms with Gasteiger partial charge in [-0.3, -0.25) is 4.79 Å². The van der Waals surface area contributed by atoms with Crippen molar-refractivity contribution < 1.29 is 14.7 Å². The molecule has 1 saturated heterocycles. The SMILES string of the molecule is CN1CCC(NC(=O)NC2CCC(C(=O)O)CC2)CC1. The summed E-state index contributed by atoms with van der Waals surface area (Å²) in [6, 6.07) is 0.289. The highest BCUT2D eigenvalue weighted by Crippen LogP contribution is 2.24. The average molecular weight is 283 g/mol. The molecule has 0 aromatic heterocycles. The predicted molar refractivity (Wildman–Crippen MR) is 75.6 cm³/mol. The van der Waals surface area contributed by atoms with Gasteiger partial charge < -0.3 is 20.6 Å². The number of urea groups is 1. The lowest BCUT2D eigenvalue weighted by molar-refractivity contribution is -0.142. The van der Waals surface area contributed by atoms with Gasteiger partial charge in [-0.05, 0) is 58.7 Å². The molecule has 2 aliphatic rings. The fourth-order valence-electron chi connectivity index (χ4n) is 3.05. The maximum absolute atomic E-state index is 11.9. The van der Waals surface area contributed by atoms with Gasteiger partial charge in [0.15, 0.2) is 0 Å². The summed E-state index contributed by atoms with van der Waals surface area (Å²) < 4.78 is 0. The fourth-order valence-corrected chi connectivity index (χ4v) is 3.05. The lowest BCUT2D eigenvalue weighted by Crippen LogP contribution is -2.50. The molecule has 1 saturated carbocycles. The van der Waals surface area contributed by atoms with Gasteiger partial charge in [0, 0.05) is 12.1 Å². The number of hydrogen-bond acceptors (Lipinski definition) is 3. The molecule has 0 aromatic rings. The van der Waals surface area contributed by atoms with Crippen molar-refractivity contribution in [3.63, 3.8) is 0 Å². The molecule has 6 heteroatoms. The summed E-state index contributed by atoms with van der Waals surface area (Å²) in [6.45, 7) is 2.04. The van der Waals surface area contributed by atoms with Gasteiger partial charge in [-0.1, -0.05) is 0 Å². The number of aliphatic carboxylic acids is 1. The Labute approximate surface area is 119 Å². The number of carboxylic acid groups (broad SMARTS) is 1. The molecule has 3 N–H and O–H groups in total. The van der Waals surface area contributed by atoms with Gasteiger partial charge in [0.1, 0.15) is 0 Å². The summed E-state index contributed by atoms with van der Waals surface area (Å²) in [7, 11) is 2.09. The molecule has 0 aromatic carbocycles. The van der Waals surface area contributed by atoms with Crippen molar-refractivity contribution in [2.75, 3.05) is 20.1 Å². The third-order valence-electron chi connectivity index (χ3n) is 4.47. The van der Waals surface area contributed by atoms with E-state index in [0.717, 1.165) is 38.8 Å². The number of piperidine rings is 1. The van der Waals surface area contributed by atoms with Crippen LogP contribution in [0.4, 0.5) is 4.79 Å². The zero-order valence-electron chi connectivity index (χ0n) is 12.1. The Morgan fingerprint density at radius 1 is 0.950 bits per heavy atom. The Kier molecular flexibility index (Phi) is 5.23. The normalized spacial score (nSPS) is 28.9. The van der Waals surface area contributed by atoms with E-state index in [9.17, 15) is 9.59 Å². The molecule has 1 aliphatic heterocycles. The van der Waals surface area contributed by atoms with Crippen LogP contribution in [0.25, 0.3) is 0 Å². The molecule has 0 unspecified atom stereocenters. The molecule has 20 heavy (non-hydrogen) atoms. The van der Waals surface area contributed by atoms with E-state index in [2.05, 4.69) is 22.6 Å². The maximum atomic E-state index is 11.9. The van der Waals surface area contributed by atoms with Gasteiger partial charge in [-0.25, -0.2) is 4.79 Å². The minimum Gasteiger partial charge on any atom is -0.481 e. The monoisotopic (exact) mass is 283 g/mol. The highest BCUT2D eigenvalue weighted by molar-refractivity contribution is 5.74. The summed E-state index contributed by atoms with van der Waals surface area (Å²) in [5, 5.41) is 14.9. The number of amides is 2. The molecule has 2 rings (SSSR count). The van der Waals surface area contributed by atoms with E-state index in [1.54, 1.807) is 0 Å². The summed E-state index contributed by atoms with van der Waals surface area (Å²) >= 11 is 0. The van der Waals surface area contributed by atoms with Gasteiger partial charge in [-0.15, -0.1) is 0 Å². The lowest BCUT2D eigenvalue weighted by atomic mass is 9.86. The number of rotatable bonds is 3. The first-order valence-corrected chi connectivity index (χ1v) is 7.53. The molecule has 2 amide bonds. The number of likely N-dealkylation sites (tertiary alicyclic amines) is 1. The Hall–Kier alpha value is -1.30. The smallest absolute Gasteiger partial charge is 0.315 e. The lowest BCUT2D eigenvalue weighted by Gasteiger charge is -2.31. The third kappa shape index (κ3) is 4.37. The summed E-state index contributed by atoms with van der Waals surface area (Å²) in [6.07, 6.45) is 4.84. The molecule has 1 heterocycles. The molecule has 0 bridgehead atoms. The van der Waals surface area contributed by atoms with E-state index in [1.807, 2.05) is 0 Å². The minimum atomic E-state index is -0.709. The van der Waals surface area contributed by atoms with Crippen LogP contribution in [0.5, 0.6) is 0 Å². The summed E-state index contributed by atoms with van der Waals surface area (Å²) in [4.78, 5) is 25.1. The molecule has 0 radical (unpaired) electrons. The van der Waals surface area contributed by atoms with Gasteiger partial charge in [0.25, 0.3) is 0 Å². The van der Waals surface area contributed by atoms with Crippen molar-refractivity contribution in [1.29, 1.82) is 0 Å². The molecular weight excluding hydrogens is 258 g/mol. The zero-order valence-corrected chi connectivity index (χ0v) is 12.1. The van der Waals surface area contributed by atoms with Crippen LogP contribution in [0, 0.1) is 5.92 Å². The first-order valence-electron chi connectivity index (χ1n) is 7.53. The standard InChI is InChI=1S/C14H25N3O3/c1-17-8-6-12(7-9-17)16-14(20)15-11-4-2-10(3-5-11)13(18)19/h10-12H,2-9H2,1H3,(H,18,19)(H2,15,16,20). The Balaban J connectivity index is 1.66. The second-order valence-corrected chi connectivity index (χ2v) is 6.08. The van der Waals surface area contributed by atoms with Gasteiger partial charge in [0.05, 0.1) is 5.92 Å². The van der Waals surface area contributed by atoms with Gasteiger partial charge in [-0.2, -0.15) is 0 Å². The van der Waals surface area contributed by atoms with Crippen molar-refractivity contribution in [2.45, 2.75) is 50.6 Å². The predicted octanol–water partition coefficient (Wildman–Crippen LogP) is 1.02. The molecule has 6 nitrogen and oxygen atoms in total. The number of carbonyl (C=O) groups is 2. The second kappa shape index (κ2) is 6.92. The number of nitrogens with one attached hydrogen (secondary N) is 2.